The zero-order valence-corrected chi connectivity index (χ0v) is 19.0. The molecule has 2 fully saturated rings. The molecule has 1 unspecified atom stereocenters. The van der Waals surface area contributed by atoms with E-state index < -0.39 is 17.6 Å². The highest BCUT2D eigenvalue weighted by Crippen LogP contribution is 2.39. The molecular weight excluding hydrogens is 482 g/mol. The van der Waals surface area contributed by atoms with Gasteiger partial charge in [0, 0.05) is 43.5 Å². The second kappa shape index (κ2) is 9.94. The number of nitrogens with zero attached hydrogens (tertiary/aromatic N) is 7. The molecule has 4 N–H and O–H groups in total. The van der Waals surface area contributed by atoms with Crippen molar-refractivity contribution in [3.8, 4) is 6.07 Å². The molecule has 2 aliphatic heterocycles. The molecule has 10 nitrogen and oxygen atoms in total. The number of hydrogen-bond donors (Lipinski definition) is 2. The molecule has 3 aromatic rings. The Kier molecular flexibility index (Phi) is 6.93. The third kappa shape index (κ3) is 5.01. The lowest BCUT2D eigenvalue weighted by Gasteiger charge is -2.31. The fourth-order valence-electron chi connectivity index (χ4n) is 4.24. The number of rotatable bonds is 4. The summed E-state index contributed by atoms with van der Waals surface area (Å²) in [4.78, 5) is 25.1. The SMILES string of the molecule is N#CC1CN(C=O)C1.Nc1ncnc2c1ncn2Cc1c(N2CCC(N)C2)ccc(F)c1C(F)(F)F. The van der Waals surface area contributed by atoms with Crippen LogP contribution in [0.5, 0.6) is 0 Å². The number of benzene rings is 1. The lowest BCUT2D eigenvalue weighted by atomic mass is 10.0. The van der Waals surface area contributed by atoms with Crippen molar-refractivity contribution < 1.29 is 22.4 Å². The Labute approximate surface area is 203 Å². The summed E-state index contributed by atoms with van der Waals surface area (Å²) in [5.41, 5.74) is 11.0. The summed E-state index contributed by atoms with van der Waals surface area (Å²) >= 11 is 0. The van der Waals surface area contributed by atoms with Crippen molar-refractivity contribution in [3.63, 3.8) is 0 Å². The first-order chi connectivity index (χ1) is 17.1. The van der Waals surface area contributed by atoms with Gasteiger partial charge < -0.3 is 25.8 Å². The van der Waals surface area contributed by atoms with Gasteiger partial charge >= 0.3 is 6.18 Å². The molecule has 36 heavy (non-hydrogen) atoms. The number of carbonyl (C=O) groups is 1. The van der Waals surface area contributed by atoms with Crippen LogP contribution in [-0.2, 0) is 17.5 Å². The van der Waals surface area contributed by atoms with Crippen molar-refractivity contribution in [2.45, 2.75) is 25.2 Å². The molecule has 14 heteroatoms. The molecular formula is C22H23F4N9O. The molecule has 1 atom stereocenters. The molecule has 2 saturated heterocycles. The van der Waals surface area contributed by atoms with Gasteiger partial charge in [-0.25, -0.2) is 19.3 Å². The quantitative estimate of drug-likeness (QED) is 0.403. The zero-order chi connectivity index (χ0) is 26.0. The number of aromatic nitrogens is 4. The average molecular weight is 505 g/mol. The smallest absolute Gasteiger partial charge is 0.382 e. The summed E-state index contributed by atoms with van der Waals surface area (Å²) in [6, 6.07) is 4.13. The van der Waals surface area contributed by atoms with Crippen LogP contribution in [0.1, 0.15) is 17.5 Å². The number of halogens is 4. The van der Waals surface area contributed by atoms with E-state index in [2.05, 4.69) is 21.0 Å². The van der Waals surface area contributed by atoms with Gasteiger partial charge in [0.05, 0.1) is 30.4 Å². The number of alkyl halides is 3. The first kappa shape index (κ1) is 25.1. The Morgan fingerprint density at radius 1 is 1.19 bits per heavy atom. The van der Waals surface area contributed by atoms with Gasteiger partial charge in [-0.1, -0.05) is 0 Å². The van der Waals surface area contributed by atoms with Gasteiger partial charge in [0.15, 0.2) is 11.5 Å². The molecule has 5 rings (SSSR count). The number of nitriles is 1. The predicted molar refractivity (Wildman–Crippen MR) is 122 cm³/mol. The van der Waals surface area contributed by atoms with Crippen LogP contribution in [-0.4, -0.2) is 63.0 Å². The molecule has 1 aromatic carbocycles. The highest BCUT2D eigenvalue weighted by atomic mass is 19.4. The molecule has 2 aromatic heterocycles. The fraction of sp³-hybridized carbons (Fsp3) is 0.409. The van der Waals surface area contributed by atoms with Gasteiger partial charge in [-0.3, -0.25) is 4.79 Å². The summed E-state index contributed by atoms with van der Waals surface area (Å²) < 4.78 is 56.8. The molecule has 4 heterocycles. The maximum Gasteiger partial charge on any atom is 0.419 e. The maximum absolute atomic E-state index is 14.3. The van der Waals surface area contributed by atoms with E-state index in [1.165, 1.54) is 23.3 Å². The third-order valence-corrected chi connectivity index (χ3v) is 6.09. The van der Waals surface area contributed by atoms with Crippen molar-refractivity contribution in [2.24, 2.45) is 11.7 Å². The van der Waals surface area contributed by atoms with Crippen molar-refractivity contribution in [3.05, 3.63) is 41.7 Å². The number of anilines is 2. The van der Waals surface area contributed by atoms with Gasteiger partial charge in [-0.15, -0.1) is 0 Å². The molecule has 0 radical (unpaired) electrons. The number of imidazole rings is 1. The van der Waals surface area contributed by atoms with Crippen molar-refractivity contribution >= 4 is 29.1 Å². The van der Waals surface area contributed by atoms with E-state index in [-0.39, 0.29) is 41.0 Å². The number of nitrogens with two attached hydrogens (primary N) is 2. The number of carbonyl (C=O) groups excluding carboxylic acids is 1. The Bertz CT molecular complexity index is 1300. The van der Waals surface area contributed by atoms with E-state index in [9.17, 15) is 22.4 Å². The number of hydrogen-bond acceptors (Lipinski definition) is 8. The molecule has 0 saturated carbocycles. The maximum atomic E-state index is 14.3. The highest BCUT2D eigenvalue weighted by molar-refractivity contribution is 5.81. The normalized spacial score (nSPS) is 17.9. The minimum atomic E-state index is -4.86. The fourth-order valence-corrected chi connectivity index (χ4v) is 4.24. The van der Waals surface area contributed by atoms with Crippen LogP contribution in [0.25, 0.3) is 11.2 Å². The van der Waals surface area contributed by atoms with Crippen LogP contribution in [0.2, 0.25) is 0 Å². The lowest BCUT2D eigenvalue weighted by molar-refractivity contribution is -0.140. The second-order valence-electron chi connectivity index (χ2n) is 8.60. The van der Waals surface area contributed by atoms with Crippen LogP contribution in [0, 0.1) is 23.1 Å². The van der Waals surface area contributed by atoms with Gasteiger partial charge in [-0.05, 0) is 18.6 Å². The molecule has 0 spiro atoms. The average Bonchev–Trinajstić information content (AvgIpc) is 3.40. The summed E-state index contributed by atoms with van der Waals surface area (Å²) in [5, 5.41) is 8.21. The monoisotopic (exact) mass is 505 g/mol. The summed E-state index contributed by atoms with van der Waals surface area (Å²) in [5.74, 6) is -1.11. The number of fused-ring (bicyclic) bond motifs is 1. The van der Waals surface area contributed by atoms with Gasteiger partial charge in [0.1, 0.15) is 17.7 Å². The minimum absolute atomic E-state index is 0.0974. The van der Waals surface area contributed by atoms with E-state index in [1.54, 1.807) is 9.80 Å². The highest BCUT2D eigenvalue weighted by Gasteiger charge is 2.39. The molecule has 1 amide bonds. The topological polar surface area (TPSA) is 143 Å². The van der Waals surface area contributed by atoms with Crippen LogP contribution in [0.15, 0.2) is 24.8 Å². The Hall–Kier alpha value is -3.99. The van der Waals surface area contributed by atoms with Crippen LogP contribution in [0.4, 0.5) is 29.1 Å². The predicted octanol–water partition coefficient (Wildman–Crippen LogP) is 1.75. The minimum Gasteiger partial charge on any atom is -0.382 e. The van der Waals surface area contributed by atoms with E-state index in [1.807, 2.05) is 0 Å². The first-order valence-corrected chi connectivity index (χ1v) is 11.0. The lowest BCUT2D eigenvalue weighted by Crippen LogP contribution is -2.44. The number of amides is 1. The molecule has 190 valence electrons. The Morgan fingerprint density at radius 2 is 1.94 bits per heavy atom. The molecule has 0 aliphatic carbocycles. The van der Waals surface area contributed by atoms with Crippen molar-refractivity contribution in [2.75, 3.05) is 36.8 Å². The number of nitrogen functional groups attached to an aromatic ring is 1. The summed E-state index contributed by atoms with van der Waals surface area (Å²) in [6.45, 7) is 1.87. The largest absolute Gasteiger partial charge is 0.419 e. The van der Waals surface area contributed by atoms with E-state index in [0.29, 0.717) is 38.3 Å². The van der Waals surface area contributed by atoms with Crippen LogP contribution in [0.3, 0.4) is 0 Å². The first-order valence-electron chi connectivity index (χ1n) is 11.0. The van der Waals surface area contributed by atoms with E-state index >= 15 is 0 Å². The van der Waals surface area contributed by atoms with E-state index in [4.69, 9.17) is 16.7 Å². The summed E-state index contributed by atoms with van der Waals surface area (Å²) in [7, 11) is 0. The van der Waals surface area contributed by atoms with Gasteiger partial charge in [0.25, 0.3) is 0 Å². The van der Waals surface area contributed by atoms with Gasteiger partial charge in [-0.2, -0.15) is 18.4 Å². The third-order valence-electron chi connectivity index (χ3n) is 6.09. The standard InChI is InChI=1S/C17H17F4N7.C5H6N2O/c18-11-1-2-12(27-4-3-9(22)5-27)10(13(11)17(19,20)21)6-28-8-26-14-15(23)24-7-25-16(14)28;6-1-5-2-7(3-5)4-8/h1-2,7-9H,3-6,22H2,(H2,23,24,25);4-5H,2-3H2. The molecule has 2 aliphatic rings. The second-order valence-corrected chi connectivity index (χ2v) is 8.60. The zero-order valence-electron chi connectivity index (χ0n) is 19.0. The van der Waals surface area contributed by atoms with Crippen LogP contribution >= 0.6 is 0 Å². The molecule has 0 bridgehead atoms. The van der Waals surface area contributed by atoms with Crippen LogP contribution < -0.4 is 16.4 Å². The summed E-state index contributed by atoms with van der Waals surface area (Å²) in [6.07, 6.45) is -0.918. The van der Waals surface area contributed by atoms with Gasteiger partial charge in [0.2, 0.25) is 6.41 Å². The Morgan fingerprint density at radius 3 is 2.56 bits per heavy atom. The Balaban J connectivity index is 0.000000325. The van der Waals surface area contributed by atoms with Crippen molar-refractivity contribution in [1.82, 2.24) is 24.4 Å². The number of likely N-dealkylation sites (tertiary alicyclic amines) is 1. The van der Waals surface area contributed by atoms with E-state index in [0.717, 1.165) is 12.5 Å². The van der Waals surface area contributed by atoms with Crippen molar-refractivity contribution in [1.29, 1.82) is 5.26 Å².